The molecule has 1 N–H and O–H groups in total. The van der Waals surface area contributed by atoms with E-state index in [1.165, 1.54) is 0 Å². The molecule has 18 heavy (non-hydrogen) atoms. The number of fused-ring (bicyclic) bond motifs is 1. The van der Waals surface area contributed by atoms with E-state index < -0.39 is 11.2 Å². The zero-order valence-electron chi connectivity index (χ0n) is 11.3. The van der Waals surface area contributed by atoms with Crippen molar-refractivity contribution >= 4 is 18.6 Å². The Kier molecular flexibility index (Phi) is 3.21. The van der Waals surface area contributed by atoms with Gasteiger partial charge in [0, 0.05) is 18.6 Å². The molecule has 0 unspecified atom stereocenters. The summed E-state index contributed by atoms with van der Waals surface area (Å²) >= 11 is 0. The number of imidazole rings is 1. The van der Waals surface area contributed by atoms with Gasteiger partial charge >= 0.3 is 7.48 Å². The van der Waals surface area contributed by atoms with Crippen LogP contribution in [0.2, 0.25) is 0 Å². The first-order valence-electron chi connectivity index (χ1n) is 6.07. The van der Waals surface area contributed by atoms with Gasteiger partial charge in [0.15, 0.2) is 0 Å². The lowest BCUT2D eigenvalue weighted by molar-refractivity contribution is -0.0893. The van der Waals surface area contributed by atoms with Crippen molar-refractivity contribution in [1.82, 2.24) is 9.38 Å². The molecule has 0 bridgehead atoms. The SMILES string of the molecule is CC(C)(O)C(C)(C)OBc1ccc2nccn2c1. The lowest BCUT2D eigenvalue weighted by atomic mass is 9.83. The van der Waals surface area contributed by atoms with Gasteiger partial charge in [0.1, 0.15) is 5.65 Å². The molecule has 0 saturated heterocycles. The van der Waals surface area contributed by atoms with E-state index in [0.717, 1.165) is 11.1 Å². The summed E-state index contributed by atoms with van der Waals surface area (Å²) in [7, 11) is 0.463. The second-order valence-corrected chi connectivity index (χ2v) is 5.59. The van der Waals surface area contributed by atoms with E-state index in [2.05, 4.69) is 4.98 Å². The molecule has 0 radical (unpaired) electrons. The van der Waals surface area contributed by atoms with Crippen molar-refractivity contribution in [3.8, 4) is 0 Å². The summed E-state index contributed by atoms with van der Waals surface area (Å²) in [5, 5.41) is 10.0. The first-order chi connectivity index (χ1) is 8.29. The fraction of sp³-hybridized carbons (Fsp3) is 0.462. The van der Waals surface area contributed by atoms with Crippen LogP contribution in [0.4, 0.5) is 0 Å². The number of hydrogen-bond acceptors (Lipinski definition) is 3. The van der Waals surface area contributed by atoms with E-state index in [9.17, 15) is 5.11 Å². The maximum Gasteiger partial charge on any atom is 0.310 e. The van der Waals surface area contributed by atoms with E-state index in [1.54, 1.807) is 20.0 Å². The quantitative estimate of drug-likeness (QED) is 0.814. The van der Waals surface area contributed by atoms with Crippen LogP contribution in [0, 0.1) is 0 Å². The van der Waals surface area contributed by atoms with Crippen molar-refractivity contribution in [2.75, 3.05) is 0 Å². The summed E-state index contributed by atoms with van der Waals surface area (Å²) in [4.78, 5) is 4.19. The van der Waals surface area contributed by atoms with Gasteiger partial charge in [0.2, 0.25) is 0 Å². The van der Waals surface area contributed by atoms with Crippen LogP contribution >= 0.6 is 0 Å². The fourth-order valence-corrected chi connectivity index (χ4v) is 1.49. The smallest absolute Gasteiger partial charge is 0.310 e. The molecule has 0 atom stereocenters. The van der Waals surface area contributed by atoms with Crippen molar-refractivity contribution in [1.29, 1.82) is 0 Å². The molecule has 0 amide bonds. The van der Waals surface area contributed by atoms with E-state index in [-0.39, 0.29) is 0 Å². The number of pyridine rings is 1. The first-order valence-corrected chi connectivity index (χ1v) is 6.07. The van der Waals surface area contributed by atoms with Crippen LogP contribution in [0.1, 0.15) is 27.7 Å². The number of aliphatic hydroxyl groups is 1. The molecule has 2 aromatic heterocycles. The Morgan fingerprint density at radius 3 is 2.67 bits per heavy atom. The zero-order chi connectivity index (χ0) is 13.4. The molecule has 0 saturated carbocycles. The van der Waals surface area contributed by atoms with Crippen LogP contribution < -0.4 is 5.46 Å². The molecular weight excluding hydrogens is 227 g/mol. The molecule has 96 valence electrons. The Morgan fingerprint density at radius 1 is 1.28 bits per heavy atom. The highest BCUT2D eigenvalue weighted by Crippen LogP contribution is 2.24. The maximum absolute atomic E-state index is 10.0. The van der Waals surface area contributed by atoms with Gasteiger partial charge in [-0.05, 0) is 39.2 Å². The van der Waals surface area contributed by atoms with Gasteiger partial charge in [-0.3, -0.25) is 0 Å². The van der Waals surface area contributed by atoms with Crippen molar-refractivity contribution < 1.29 is 9.76 Å². The topological polar surface area (TPSA) is 46.8 Å². The number of aromatic nitrogens is 2. The molecule has 4 nitrogen and oxygen atoms in total. The van der Waals surface area contributed by atoms with Gasteiger partial charge in [-0.2, -0.15) is 0 Å². The van der Waals surface area contributed by atoms with Gasteiger partial charge in [-0.25, -0.2) is 4.98 Å². The molecule has 2 aromatic rings. The lowest BCUT2D eigenvalue weighted by Crippen LogP contribution is -2.49. The zero-order valence-corrected chi connectivity index (χ0v) is 11.3. The normalized spacial score (nSPS) is 12.9. The van der Waals surface area contributed by atoms with E-state index in [0.29, 0.717) is 7.48 Å². The van der Waals surface area contributed by atoms with Crippen LogP contribution in [0.5, 0.6) is 0 Å². The molecule has 2 rings (SSSR count). The van der Waals surface area contributed by atoms with E-state index in [4.69, 9.17) is 4.65 Å². The van der Waals surface area contributed by atoms with E-state index >= 15 is 0 Å². The molecule has 5 heteroatoms. The predicted molar refractivity (Wildman–Crippen MR) is 73.4 cm³/mol. The molecule has 0 aliphatic heterocycles. The Bertz CT molecular complexity index is 543. The van der Waals surface area contributed by atoms with Crippen molar-refractivity contribution in [3.63, 3.8) is 0 Å². The first kappa shape index (κ1) is 13.1. The number of rotatable bonds is 4. The summed E-state index contributed by atoms with van der Waals surface area (Å²) in [6.45, 7) is 7.30. The Balaban J connectivity index is 2.10. The average molecular weight is 246 g/mol. The fourth-order valence-electron chi connectivity index (χ4n) is 1.49. The summed E-state index contributed by atoms with van der Waals surface area (Å²) in [5.74, 6) is 0. The molecule has 0 aliphatic rings. The Hall–Kier alpha value is -1.33. The Morgan fingerprint density at radius 2 is 2.00 bits per heavy atom. The standard InChI is InChI=1S/C13H19BN2O2/c1-12(2,17)13(3,4)18-14-10-5-6-11-15-7-8-16(11)9-10/h5-9,14,17H,1-4H3. The number of nitrogens with zero attached hydrogens (tertiary/aromatic N) is 2. The maximum atomic E-state index is 10.0. The van der Waals surface area contributed by atoms with Crippen LogP contribution in [0.3, 0.4) is 0 Å². The minimum atomic E-state index is -0.883. The number of hydrogen-bond donors (Lipinski definition) is 1. The minimum absolute atomic E-state index is 0.463. The summed E-state index contributed by atoms with van der Waals surface area (Å²) in [6, 6.07) is 3.94. The average Bonchev–Trinajstić information content (AvgIpc) is 2.71. The third kappa shape index (κ3) is 2.57. The van der Waals surface area contributed by atoms with E-state index in [1.807, 2.05) is 42.8 Å². The van der Waals surface area contributed by atoms with Crippen LogP contribution in [0.25, 0.3) is 5.65 Å². The molecule has 0 aromatic carbocycles. The minimum Gasteiger partial charge on any atom is -0.427 e. The van der Waals surface area contributed by atoms with Gasteiger partial charge in [0.05, 0.1) is 11.2 Å². The third-order valence-electron chi connectivity index (χ3n) is 3.52. The summed E-state index contributed by atoms with van der Waals surface area (Å²) in [6.07, 6.45) is 5.66. The highest BCUT2D eigenvalue weighted by molar-refractivity contribution is 6.46. The second kappa shape index (κ2) is 4.41. The predicted octanol–water partition coefficient (Wildman–Crippen LogP) is 0.877. The Labute approximate surface area is 108 Å². The largest absolute Gasteiger partial charge is 0.427 e. The molecule has 0 spiro atoms. The highest BCUT2D eigenvalue weighted by Gasteiger charge is 2.35. The van der Waals surface area contributed by atoms with Crippen LogP contribution in [0.15, 0.2) is 30.7 Å². The van der Waals surface area contributed by atoms with Gasteiger partial charge in [-0.1, -0.05) is 6.07 Å². The van der Waals surface area contributed by atoms with Gasteiger partial charge in [0.25, 0.3) is 0 Å². The van der Waals surface area contributed by atoms with Crippen molar-refractivity contribution in [2.45, 2.75) is 38.9 Å². The monoisotopic (exact) mass is 246 g/mol. The van der Waals surface area contributed by atoms with Crippen molar-refractivity contribution in [3.05, 3.63) is 30.7 Å². The van der Waals surface area contributed by atoms with Crippen molar-refractivity contribution in [2.24, 2.45) is 0 Å². The lowest BCUT2D eigenvalue weighted by Gasteiger charge is -2.37. The molecule has 2 heterocycles. The summed E-state index contributed by atoms with van der Waals surface area (Å²) < 4.78 is 7.78. The van der Waals surface area contributed by atoms with Gasteiger partial charge in [-0.15, -0.1) is 0 Å². The summed E-state index contributed by atoms with van der Waals surface area (Å²) in [5.41, 5.74) is 0.488. The highest BCUT2D eigenvalue weighted by atomic mass is 16.5. The molecular formula is C13H19BN2O2. The third-order valence-corrected chi connectivity index (χ3v) is 3.52. The molecule has 0 fully saturated rings. The van der Waals surface area contributed by atoms with Gasteiger partial charge < -0.3 is 14.2 Å². The van der Waals surface area contributed by atoms with Crippen LogP contribution in [-0.4, -0.2) is 33.2 Å². The second-order valence-electron chi connectivity index (χ2n) is 5.59. The van der Waals surface area contributed by atoms with Crippen LogP contribution in [-0.2, 0) is 4.65 Å². The molecule has 0 aliphatic carbocycles.